The standard InChI is InChI=1S/C9H18O5/c1-3-12-7-8-13-5-4-6-14-9(10)11-2/h3-8H2,1-2H3. The van der Waals surface area contributed by atoms with Crippen LogP contribution < -0.4 is 0 Å². The highest BCUT2D eigenvalue weighted by Crippen LogP contribution is 1.88. The van der Waals surface area contributed by atoms with Crippen molar-refractivity contribution < 1.29 is 23.7 Å². The number of carbonyl (C=O) groups excluding carboxylic acids is 1. The first-order valence-electron chi connectivity index (χ1n) is 4.67. The zero-order valence-corrected chi connectivity index (χ0v) is 8.78. The highest BCUT2D eigenvalue weighted by Gasteiger charge is 1.98. The van der Waals surface area contributed by atoms with E-state index in [-0.39, 0.29) is 0 Å². The van der Waals surface area contributed by atoms with Crippen LogP contribution in [-0.2, 0) is 18.9 Å². The zero-order valence-electron chi connectivity index (χ0n) is 8.78. The molecule has 84 valence electrons. The normalized spacial score (nSPS) is 9.86. The van der Waals surface area contributed by atoms with E-state index >= 15 is 0 Å². The summed E-state index contributed by atoms with van der Waals surface area (Å²) in [7, 11) is 1.28. The van der Waals surface area contributed by atoms with E-state index in [0.717, 1.165) is 0 Å². The summed E-state index contributed by atoms with van der Waals surface area (Å²) in [5, 5.41) is 0. The van der Waals surface area contributed by atoms with Crippen molar-refractivity contribution in [2.24, 2.45) is 0 Å². The maximum Gasteiger partial charge on any atom is 0.507 e. The van der Waals surface area contributed by atoms with Gasteiger partial charge in [0.25, 0.3) is 0 Å². The SMILES string of the molecule is CCOCCOCCCOC(=O)OC. The van der Waals surface area contributed by atoms with Gasteiger partial charge in [0.2, 0.25) is 0 Å². The van der Waals surface area contributed by atoms with Gasteiger partial charge in [0, 0.05) is 19.6 Å². The minimum absolute atomic E-state index is 0.321. The molecule has 0 saturated heterocycles. The Kier molecular flexibility index (Phi) is 9.68. The Labute approximate surface area is 84.3 Å². The molecule has 0 aliphatic carbocycles. The number of carbonyl (C=O) groups is 1. The van der Waals surface area contributed by atoms with Gasteiger partial charge in [-0.2, -0.15) is 0 Å². The number of ether oxygens (including phenoxy) is 4. The third kappa shape index (κ3) is 9.28. The number of methoxy groups -OCH3 is 1. The van der Waals surface area contributed by atoms with Crippen molar-refractivity contribution >= 4 is 6.16 Å². The molecule has 0 rings (SSSR count). The Bertz CT molecular complexity index is 137. The molecule has 5 nitrogen and oxygen atoms in total. The molecule has 0 bridgehead atoms. The number of hydrogen-bond acceptors (Lipinski definition) is 5. The Morgan fingerprint density at radius 2 is 1.79 bits per heavy atom. The minimum atomic E-state index is -0.653. The van der Waals surface area contributed by atoms with Crippen LogP contribution in [0.15, 0.2) is 0 Å². The summed E-state index contributed by atoms with van der Waals surface area (Å²) in [6.07, 6.45) is 0.0145. The van der Waals surface area contributed by atoms with Crippen LogP contribution in [0.1, 0.15) is 13.3 Å². The van der Waals surface area contributed by atoms with Crippen molar-refractivity contribution in [3.63, 3.8) is 0 Å². The van der Waals surface area contributed by atoms with Crippen molar-refractivity contribution in [2.75, 3.05) is 40.1 Å². The van der Waals surface area contributed by atoms with Crippen LogP contribution in [0.2, 0.25) is 0 Å². The summed E-state index contributed by atoms with van der Waals surface area (Å²) >= 11 is 0. The molecule has 0 aromatic heterocycles. The van der Waals surface area contributed by atoms with E-state index in [1.165, 1.54) is 7.11 Å². The summed E-state index contributed by atoms with van der Waals surface area (Å²) in [5.41, 5.74) is 0. The molecule has 0 aliphatic rings. The average Bonchev–Trinajstić information content (AvgIpc) is 2.21. The van der Waals surface area contributed by atoms with E-state index in [1.54, 1.807) is 0 Å². The molecule has 5 heteroatoms. The van der Waals surface area contributed by atoms with Crippen molar-refractivity contribution in [1.82, 2.24) is 0 Å². The first-order valence-corrected chi connectivity index (χ1v) is 4.67. The molecule has 0 heterocycles. The molecule has 0 amide bonds. The molecular formula is C9H18O5. The summed E-state index contributed by atoms with van der Waals surface area (Å²) in [4.78, 5) is 10.5. The van der Waals surface area contributed by atoms with Gasteiger partial charge < -0.3 is 18.9 Å². The largest absolute Gasteiger partial charge is 0.507 e. The van der Waals surface area contributed by atoms with Gasteiger partial charge in [-0.05, 0) is 6.92 Å². The zero-order chi connectivity index (χ0) is 10.6. The molecule has 0 unspecified atom stereocenters. The molecule has 0 saturated carbocycles. The average molecular weight is 206 g/mol. The topological polar surface area (TPSA) is 54.0 Å². The molecule has 0 aromatic carbocycles. The quantitative estimate of drug-likeness (QED) is 0.441. The second-order valence-corrected chi connectivity index (χ2v) is 2.47. The fourth-order valence-corrected chi connectivity index (χ4v) is 0.740. The van der Waals surface area contributed by atoms with Gasteiger partial charge in [0.1, 0.15) is 0 Å². The lowest BCUT2D eigenvalue weighted by molar-refractivity contribution is 0.0365. The third-order valence-electron chi connectivity index (χ3n) is 1.40. The minimum Gasteiger partial charge on any atom is -0.438 e. The van der Waals surface area contributed by atoms with E-state index in [1.807, 2.05) is 6.92 Å². The fourth-order valence-electron chi connectivity index (χ4n) is 0.740. The van der Waals surface area contributed by atoms with Gasteiger partial charge in [-0.15, -0.1) is 0 Å². The smallest absolute Gasteiger partial charge is 0.438 e. The number of rotatable bonds is 8. The van der Waals surface area contributed by atoms with Gasteiger partial charge >= 0.3 is 6.16 Å². The van der Waals surface area contributed by atoms with Gasteiger partial charge in [-0.3, -0.25) is 0 Å². The van der Waals surface area contributed by atoms with E-state index in [9.17, 15) is 4.79 Å². The van der Waals surface area contributed by atoms with Crippen LogP contribution in [0, 0.1) is 0 Å². The Morgan fingerprint density at radius 3 is 2.43 bits per heavy atom. The predicted octanol–water partition coefficient (Wildman–Crippen LogP) is 1.21. The van der Waals surface area contributed by atoms with Crippen molar-refractivity contribution in [3.05, 3.63) is 0 Å². The first kappa shape index (κ1) is 13.2. The maximum absolute atomic E-state index is 10.5. The maximum atomic E-state index is 10.5. The molecule has 0 atom stereocenters. The van der Waals surface area contributed by atoms with Crippen molar-refractivity contribution in [2.45, 2.75) is 13.3 Å². The summed E-state index contributed by atoms with van der Waals surface area (Å²) in [6.45, 7) is 4.70. The van der Waals surface area contributed by atoms with Crippen LogP contribution >= 0.6 is 0 Å². The summed E-state index contributed by atoms with van der Waals surface area (Å²) in [5.74, 6) is 0. The summed E-state index contributed by atoms with van der Waals surface area (Å²) in [6, 6.07) is 0. The third-order valence-corrected chi connectivity index (χ3v) is 1.40. The van der Waals surface area contributed by atoms with E-state index < -0.39 is 6.16 Å². The summed E-state index contributed by atoms with van der Waals surface area (Å²) < 4.78 is 19.2. The van der Waals surface area contributed by atoms with E-state index in [4.69, 9.17) is 9.47 Å². The van der Waals surface area contributed by atoms with Crippen LogP contribution in [0.5, 0.6) is 0 Å². The van der Waals surface area contributed by atoms with E-state index in [2.05, 4.69) is 9.47 Å². The molecular weight excluding hydrogens is 188 g/mol. The van der Waals surface area contributed by atoms with Crippen molar-refractivity contribution in [3.8, 4) is 0 Å². The first-order chi connectivity index (χ1) is 6.81. The highest BCUT2D eigenvalue weighted by atomic mass is 16.7. The molecule has 0 N–H and O–H groups in total. The van der Waals surface area contributed by atoms with Gasteiger partial charge in [0.05, 0.1) is 26.9 Å². The van der Waals surface area contributed by atoms with Crippen LogP contribution in [0.3, 0.4) is 0 Å². The molecule has 0 aromatic rings. The molecule has 0 radical (unpaired) electrons. The van der Waals surface area contributed by atoms with Crippen LogP contribution in [0.25, 0.3) is 0 Å². The lowest BCUT2D eigenvalue weighted by Gasteiger charge is -2.04. The lowest BCUT2D eigenvalue weighted by Crippen LogP contribution is -2.09. The molecule has 14 heavy (non-hydrogen) atoms. The number of hydrogen-bond donors (Lipinski definition) is 0. The van der Waals surface area contributed by atoms with Crippen LogP contribution in [-0.4, -0.2) is 46.3 Å². The second kappa shape index (κ2) is 10.3. The van der Waals surface area contributed by atoms with Crippen molar-refractivity contribution in [1.29, 1.82) is 0 Å². The monoisotopic (exact) mass is 206 g/mol. The molecule has 0 fully saturated rings. The van der Waals surface area contributed by atoms with E-state index in [0.29, 0.717) is 39.5 Å². The molecule has 0 aliphatic heterocycles. The van der Waals surface area contributed by atoms with Gasteiger partial charge in [-0.1, -0.05) is 0 Å². The lowest BCUT2D eigenvalue weighted by atomic mass is 10.5. The van der Waals surface area contributed by atoms with Crippen LogP contribution in [0.4, 0.5) is 4.79 Å². The predicted molar refractivity (Wildman–Crippen MR) is 50.3 cm³/mol. The Balaban J connectivity index is 2.95. The highest BCUT2D eigenvalue weighted by molar-refractivity contribution is 5.59. The van der Waals surface area contributed by atoms with Gasteiger partial charge in [-0.25, -0.2) is 4.79 Å². The van der Waals surface area contributed by atoms with Gasteiger partial charge in [0.15, 0.2) is 0 Å². The molecule has 0 spiro atoms. The Morgan fingerprint density at radius 1 is 1.07 bits per heavy atom. The second-order valence-electron chi connectivity index (χ2n) is 2.47. The fraction of sp³-hybridized carbons (Fsp3) is 0.889. The Hall–Kier alpha value is -0.810.